The second-order valence-corrected chi connectivity index (χ2v) is 6.20. The van der Waals surface area contributed by atoms with Crippen molar-refractivity contribution in [1.29, 1.82) is 0 Å². The van der Waals surface area contributed by atoms with Crippen molar-refractivity contribution in [1.82, 2.24) is 14.8 Å². The van der Waals surface area contributed by atoms with Crippen LogP contribution in [0.4, 0.5) is 0 Å². The van der Waals surface area contributed by atoms with Gasteiger partial charge >= 0.3 is 0 Å². The minimum absolute atomic E-state index is 0.0292. The Hall–Kier alpha value is -1.66. The first-order valence-corrected chi connectivity index (χ1v) is 8.33. The minimum Gasteiger partial charge on any atom is -0.378 e. The van der Waals surface area contributed by atoms with Crippen LogP contribution in [0.25, 0.3) is 0 Å². The molecule has 124 valence electrons. The van der Waals surface area contributed by atoms with E-state index in [0.29, 0.717) is 44.8 Å². The molecule has 2 amide bonds. The van der Waals surface area contributed by atoms with Gasteiger partial charge in [-0.3, -0.25) is 9.59 Å². The van der Waals surface area contributed by atoms with Crippen LogP contribution in [0, 0.1) is 0 Å². The van der Waals surface area contributed by atoms with E-state index in [1.54, 1.807) is 21.9 Å². The number of pyridine rings is 1. The first kappa shape index (κ1) is 16.2. The Bertz CT molecular complexity index is 590. The normalized spacial score (nSPS) is 22.0. The van der Waals surface area contributed by atoms with Crippen molar-refractivity contribution >= 4 is 23.4 Å². The maximum absolute atomic E-state index is 12.8. The van der Waals surface area contributed by atoms with Gasteiger partial charge in [0.2, 0.25) is 5.91 Å². The Labute approximate surface area is 140 Å². The van der Waals surface area contributed by atoms with E-state index in [-0.39, 0.29) is 23.0 Å². The largest absolute Gasteiger partial charge is 0.378 e. The van der Waals surface area contributed by atoms with Crippen LogP contribution in [0.3, 0.4) is 0 Å². The predicted molar refractivity (Wildman–Crippen MR) is 85.3 cm³/mol. The van der Waals surface area contributed by atoms with Crippen LogP contribution in [-0.4, -0.2) is 65.5 Å². The fraction of sp³-hybridized carbons (Fsp3) is 0.562. The highest BCUT2D eigenvalue weighted by Gasteiger charge is 2.35. The van der Waals surface area contributed by atoms with Gasteiger partial charge in [-0.1, -0.05) is 11.6 Å². The first-order valence-electron chi connectivity index (χ1n) is 7.96. The number of rotatable bonds is 2. The van der Waals surface area contributed by atoms with E-state index >= 15 is 0 Å². The van der Waals surface area contributed by atoms with E-state index in [9.17, 15) is 9.59 Å². The van der Waals surface area contributed by atoms with Crippen molar-refractivity contribution < 1.29 is 14.3 Å². The maximum Gasteiger partial charge on any atom is 0.254 e. The Morgan fingerprint density at radius 1 is 1.22 bits per heavy atom. The lowest BCUT2D eigenvalue weighted by Crippen LogP contribution is -2.55. The number of nitrogens with zero attached hydrogens (tertiary/aromatic N) is 3. The van der Waals surface area contributed by atoms with E-state index in [0.717, 1.165) is 12.8 Å². The van der Waals surface area contributed by atoms with Gasteiger partial charge in [0.1, 0.15) is 11.2 Å². The number of aromatic nitrogens is 1. The maximum atomic E-state index is 12.8. The van der Waals surface area contributed by atoms with Crippen molar-refractivity contribution in [3.05, 3.63) is 29.0 Å². The number of halogens is 1. The summed E-state index contributed by atoms with van der Waals surface area (Å²) in [5.41, 5.74) is 0.478. The average Bonchev–Trinajstić information content (AvgIpc) is 2.61. The predicted octanol–water partition coefficient (Wildman–Crippen LogP) is 1.59. The fourth-order valence-electron chi connectivity index (χ4n) is 3.13. The fourth-order valence-corrected chi connectivity index (χ4v) is 3.30. The second-order valence-electron chi connectivity index (χ2n) is 5.82. The molecule has 7 heteroatoms. The summed E-state index contributed by atoms with van der Waals surface area (Å²) < 4.78 is 5.30. The molecule has 2 aliphatic heterocycles. The number of carbonyl (C=O) groups is 2. The summed E-state index contributed by atoms with van der Waals surface area (Å²) in [6.45, 7) is 2.91. The van der Waals surface area contributed by atoms with Crippen molar-refractivity contribution in [3.8, 4) is 0 Å². The molecule has 1 atom stereocenters. The molecule has 1 aromatic rings. The van der Waals surface area contributed by atoms with E-state index < -0.39 is 0 Å². The summed E-state index contributed by atoms with van der Waals surface area (Å²) in [7, 11) is 0. The molecule has 0 radical (unpaired) electrons. The second kappa shape index (κ2) is 7.27. The number of ether oxygens (including phenoxy) is 1. The summed E-state index contributed by atoms with van der Waals surface area (Å²) >= 11 is 5.88. The molecule has 0 bridgehead atoms. The Morgan fingerprint density at radius 2 is 2.00 bits per heavy atom. The molecular formula is C16H20ClN3O3. The molecule has 3 rings (SSSR count). The van der Waals surface area contributed by atoms with Gasteiger partial charge in [0.05, 0.1) is 13.2 Å². The summed E-state index contributed by atoms with van der Waals surface area (Å²) in [5.74, 6) is -0.123. The molecule has 0 saturated carbocycles. The average molecular weight is 338 g/mol. The molecule has 6 nitrogen and oxygen atoms in total. The zero-order valence-electron chi connectivity index (χ0n) is 12.9. The number of morpholine rings is 1. The molecule has 1 aromatic heterocycles. The lowest BCUT2D eigenvalue weighted by atomic mass is 9.99. The van der Waals surface area contributed by atoms with Crippen LogP contribution in [0.2, 0.25) is 5.15 Å². The number of piperidine rings is 1. The zero-order chi connectivity index (χ0) is 16.2. The molecule has 2 aliphatic rings. The van der Waals surface area contributed by atoms with Crippen molar-refractivity contribution in [2.75, 3.05) is 32.8 Å². The third kappa shape index (κ3) is 3.64. The third-order valence-electron chi connectivity index (χ3n) is 4.34. The van der Waals surface area contributed by atoms with Gasteiger partial charge < -0.3 is 14.5 Å². The van der Waals surface area contributed by atoms with Crippen LogP contribution in [0.5, 0.6) is 0 Å². The standard InChI is InChI=1S/C16H20ClN3O3/c17-14-11-12(4-5-18-14)15(21)20-6-2-1-3-13(20)16(22)19-7-9-23-10-8-19/h4-5,11,13H,1-3,6-10H2. The number of hydrogen-bond donors (Lipinski definition) is 0. The lowest BCUT2D eigenvalue weighted by Gasteiger charge is -2.38. The van der Waals surface area contributed by atoms with Crippen LogP contribution in [0.1, 0.15) is 29.6 Å². The molecule has 23 heavy (non-hydrogen) atoms. The Balaban J connectivity index is 1.78. The summed E-state index contributed by atoms with van der Waals surface area (Å²) in [6.07, 6.45) is 4.10. The van der Waals surface area contributed by atoms with E-state index in [4.69, 9.17) is 16.3 Å². The monoisotopic (exact) mass is 337 g/mol. The van der Waals surface area contributed by atoms with Gasteiger partial charge in [0.15, 0.2) is 0 Å². The van der Waals surface area contributed by atoms with Crippen molar-refractivity contribution in [2.24, 2.45) is 0 Å². The molecular weight excluding hydrogens is 318 g/mol. The van der Waals surface area contributed by atoms with Crippen molar-refractivity contribution in [3.63, 3.8) is 0 Å². The molecule has 0 N–H and O–H groups in total. The molecule has 3 heterocycles. The van der Waals surface area contributed by atoms with Gasteiger partial charge in [-0.25, -0.2) is 4.98 Å². The summed E-state index contributed by atoms with van der Waals surface area (Å²) in [6, 6.07) is 2.80. The highest BCUT2D eigenvalue weighted by atomic mass is 35.5. The van der Waals surface area contributed by atoms with Gasteiger partial charge in [0.25, 0.3) is 5.91 Å². The zero-order valence-corrected chi connectivity index (χ0v) is 13.7. The summed E-state index contributed by atoms with van der Waals surface area (Å²) in [4.78, 5) is 33.0. The molecule has 1 unspecified atom stereocenters. The van der Waals surface area contributed by atoms with Crippen LogP contribution >= 0.6 is 11.6 Å². The molecule has 2 fully saturated rings. The number of amides is 2. The molecule has 2 saturated heterocycles. The topological polar surface area (TPSA) is 62.7 Å². The quantitative estimate of drug-likeness (QED) is 0.769. The van der Waals surface area contributed by atoms with E-state index in [1.807, 2.05) is 0 Å². The Kier molecular flexibility index (Phi) is 5.13. The molecule has 0 aliphatic carbocycles. The molecule has 0 aromatic carbocycles. The van der Waals surface area contributed by atoms with Gasteiger partial charge in [-0.15, -0.1) is 0 Å². The first-order chi connectivity index (χ1) is 11.2. The van der Waals surface area contributed by atoms with Crippen LogP contribution < -0.4 is 0 Å². The van der Waals surface area contributed by atoms with Crippen molar-refractivity contribution in [2.45, 2.75) is 25.3 Å². The smallest absolute Gasteiger partial charge is 0.254 e. The molecule has 0 spiro atoms. The minimum atomic E-state index is -0.388. The van der Waals surface area contributed by atoms with Gasteiger partial charge in [0, 0.05) is 31.4 Å². The number of carbonyl (C=O) groups excluding carboxylic acids is 2. The third-order valence-corrected chi connectivity index (χ3v) is 4.55. The SMILES string of the molecule is O=C(C1CCCCN1C(=O)c1ccnc(Cl)c1)N1CCOCC1. The van der Waals surface area contributed by atoms with Crippen LogP contribution in [-0.2, 0) is 9.53 Å². The number of hydrogen-bond acceptors (Lipinski definition) is 4. The highest BCUT2D eigenvalue weighted by molar-refractivity contribution is 6.29. The summed E-state index contributed by atoms with van der Waals surface area (Å²) in [5, 5.41) is 0.281. The lowest BCUT2D eigenvalue weighted by molar-refractivity contribution is -0.141. The van der Waals surface area contributed by atoms with Crippen LogP contribution in [0.15, 0.2) is 18.3 Å². The van der Waals surface area contributed by atoms with E-state index in [2.05, 4.69) is 4.98 Å². The highest BCUT2D eigenvalue weighted by Crippen LogP contribution is 2.22. The Morgan fingerprint density at radius 3 is 2.74 bits per heavy atom. The number of likely N-dealkylation sites (tertiary alicyclic amines) is 1. The van der Waals surface area contributed by atoms with E-state index in [1.165, 1.54) is 6.20 Å². The van der Waals surface area contributed by atoms with Gasteiger partial charge in [-0.2, -0.15) is 0 Å². The van der Waals surface area contributed by atoms with Gasteiger partial charge in [-0.05, 0) is 31.4 Å².